The molecule has 7 nitrogen and oxygen atoms in total. The van der Waals surface area contributed by atoms with E-state index in [0.717, 1.165) is 5.56 Å². The third kappa shape index (κ3) is 3.40. The van der Waals surface area contributed by atoms with Crippen LogP contribution in [0.5, 0.6) is 0 Å². The van der Waals surface area contributed by atoms with E-state index >= 15 is 0 Å². The highest BCUT2D eigenvalue weighted by Crippen LogP contribution is 2.25. The number of carbonyl (C=O) groups is 1. The Bertz CT molecular complexity index is 658. The van der Waals surface area contributed by atoms with E-state index in [0.29, 0.717) is 31.5 Å². The molecule has 23 heavy (non-hydrogen) atoms. The SMILES string of the molecule is CO[C@H](C(=O)N1CCO[C@@H](c2nnc(C)o2)C1)c1ccccc1. The lowest BCUT2D eigenvalue weighted by Gasteiger charge is -2.33. The average Bonchev–Trinajstić information content (AvgIpc) is 3.03. The molecule has 3 rings (SSSR count). The Labute approximate surface area is 134 Å². The Morgan fingerprint density at radius 1 is 1.35 bits per heavy atom. The van der Waals surface area contributed by atoms with Crippen LogP contribution in [0.3, 0.4) is 0 Å². The molecule has 1 aliphatic heterocycles. The molecule has 2 aromatic rings. The zero-order valence-electron chi connectivity index (χ0n) is 13.1. The molecule has 0 aliphatic carbocycles. The molecule has 1 saturated heterocycles. The largest absolute Gasteiger partial charge is 0.423 e. The van der Waals surface area contributed by atoms with Crippen LogP contribution in [-0.2, 0) is 14.3 Å². The predicted molar refractivity (Wildman–Crippen MR) is 80.5 cm³/mol. The van der Waals surface area contributed by atoms with Crippen LogP contribution in [0.2, 0.25) is 0 Å². The first-order valence-corrected chi connectivity index (χ1v) is 7.47. The maximum absolute atomic E-state index is 12.8. The van der Waals surface area contributed by atoms with Gasteiger partial charge in [-0.3, -0.25) is 4.79 Å². The lowest BCUT2D eigenvalue weighted by molar-refractivity contribution is -0.150. The number of amides is 1. The summed E-state index contributed by atoms with van der Waals surface area (Å²) in [7, 11) is 1.54. The lowest BCUT2D eigenvalue weighted by Crippen LogP contribution is -2.44. The molecule has 0 saturated carbocycles. The van der Waals surface area contributed by atoms with Crippen LogP contribution in [0.4, 0.5) is 0 Å². The molecular weight excluding hydrogens is 298 g/mol. The van der Waals surface area contributed by atoms with E-state index in [1.54, 1.807) is 11.8 Å². The molecule has 2 atom stereocenters. The van der Waals surface area contributed by atoms with Crippen LogP contribution in [0, 0.1) is 6.92 Å². The van der Waals surface area contributed by atoms with E-state index in [9.17, 15) is 4.79 Å². The third-order valence-electron chi connectivity index (χ3n) is 3.76. The quantitative estimate of drug-likeness (QED) is 0.853. The van der Waals surface area contributed by atoms with Crippen molar-refractivity contribution in [2.24, 2.45) is 0 Å². The highest BCUT2D eigenvalue weighted by molar-refractivity contribution is 5.82. The molecule has 0 bridgehead atoms. The zero-order valence-corrected chi connectivity index (χ0v) is 13.1. The van der Waals surface area contributed by atoms with Crippen LogP contribution in [0.1, 0.15) is 29.6 Å². The second-order valence-corrected chi connectivity index (χ2v) is 5.33. The van der Waals surface area contributed by atoms with Gasteiger partial charge in [-0.1, -0.05) is 30.3 Å². The van der Waals surface area contributed by atoms with Crippen molar-refractivity contribution in [1.82, 2.24) is 15.1 Å². The minimum absolute atomic E-state index is 0.0942. The number of ether oxygens (including phenoxy) is 2. The van der Waals surface area contributed by atoms with Gasteiger partial charge in [0, 0.05) is 20.6 Å². The van der Waals surface area contributed by atoms with Crippen molar-refractivity contribution in [3.05, 3.63) is 47.7 Å². The molecule has 1 fully saturated rings. The van der Waals surface area contributed by atoms with Gasteiger partial charge >= 0.3 is 0 Å². The van der Waals surface area contributed by atoms with Gasteiger partial charge in [-0.05, 0) is 5.56 Å². The van der Waals surface area contributed by atoms with E-state index in [-0.39, 0.29) is 5.91 Å². The minimum atomic E-state index is -0.626. The second kappa shape index (κ2) is 6.89. The van der Waals surface area contributed by atoms with Crippen molar-refractivity contribution < 1.29 is 18.7 Å². The average molecular weight is 317 g/mol. The molecule has 0 N–H and O–H groups in total. The van der Waals surface area contributed by atoms with Gasteiger partial charge in [-0.2, -0.15) is 0 Å². The highest BCUT2D eigenvalue weighted by Gasteiger charge is 2.33. The molecule has 1 aliphatic rings. The number of aryl methyl sites for hydroxylation is 1. The van der Waals surface area contributed by atoms with Crippen molar-refractivity contribution in [3.8, 4) is 0 Å². The van der Waals surface area contributed by atoms with Gasteiger partial charge in [-0.25, -0.2) is 0 Å². The summed E-state index contributed by atoms with van der Waals surface area (Å²) < 4.78 is 16.5. The highest BCUT2D eigenvalue weighted by atomic mass is 16.5. The number of hydrogen-bond donors (Lipinski definition) is 0. The standard InChI is InChI=1S/C16H19N3O4/c1-11-17-18-15(23-11)13-10-19(8-9-22-13)16(20)14(21-2)12-6-4-3-5-7-12/h3-7,13-14H,8-10H2,1-2H3/t13-,14+/m1/s1. The predicted octanol–water partition coefficient (Wildman–Crippen LogP) is 1.67. The minimum Gasteiger partial charge on any atom is -0.423 e. The van der Waals surface area contributed by atoms with Crippen LogP contribution in [-0.4, -0.2) is 47.8 Å². The van der Waals surface area contributed by atoms with E-state index in [1.165, 1.54) is 7.11 Å². The summed E-state index contributed by atoms with van der Waals surface area (Å²) in [5.41, 5.74) is 0.830. The zero-order chi connectivity index (χ0) is 16.2. The number of morpholine rings is 1. The summed E-state index contributed by atoms with van der Waals surface area (Å²) in [6.07, 6.45) is -1.03. The molecule has 0 spiro atoms. The van der Waals surface area contributed by atoms with Crippen molar-refractivity contribution in [3.63, 3.8) is 0 Å². The Balaban J connectivity index is 1.73. The fraction of sp³-hybridized carbons (Fsp3) is 0.438. The van der Waals surface area contributed by atoms with Crippen LogP contribution >= 0.6 is 0 Å². The number of rotatable bonds is 4. The maximum Gasteiger partial charge on any atom is 0.256 e. The first kappa shape index (κ1) is 15.6. The summed E-state index contributed by atoms with van der Waals surface area (Å²) in [4.78, 5) is 14.5. The van der Waals surface area contributed by atoms with E-state index in [1.807, 2.05) is 30.3 Å². The lowest BCUT2D eigenvalue weighted by atomic mass is 10.1. The van der Waals surface area contributed by atoms with Crippen LogP contribution in [0.15, 0.2) is 34.7 Å². The fourth-order valence-corrected chi connectivity index (χ4v) is 2.61. The Morgan fingerprint density at radius 3 is 2.78 bits per heavy atom. The van der Waals surface area contributed by atoms with Gasteiger partial charge in [0.1, 0.15) is 0 Å². The Hall–Kier alpha value is -2.25. The van der Waals surface area contributed by atoms with Crippen molar-refractivity contribution in [1.29, 1.82) is 0 Å². The van der Waals surface area contributed by atoms with Gasteiger partial charge in [0.25, 0.3) is 5.91 Å². The van der Waals surface area contributed by atoms with Gasteiger partial charge in [0.2, 0.25) is 11.8 Å². The topological polar surface area (TPSA) is 77.7 Å². The number of methoxy groups -OCH3 is 1. The number of benzene rings is 1. The number of carbonyl (C=O) groups excluding carboxylic acids is 1. The van der Waals surface area contributed by atoms with E-state index in [4.69, 9.17) is 13.9 Å². The van der Waals surface area contributed by atoms with Crippen LogP contribution in [0.25, 0.3) is 0 Å². The molecule has 0 unspecified atom stereocenters. The third-order valence-corrected chi connectivity index (χ3v) is 3.76. The molecular formula is C16H19N3O4. The molecule has 7 heteroatoms. The summed E-state index contributed by atoms with van der Waals surface area (Å²) in [6, 6.07) is 9.44. The monoisotopic (exact) mass is 317 g/mol. The van der Waals surface area contributed by atoms with E-state index < -0.39 is 12.2 Å². The van der Waals surface area contributed by atoms with Crippen molar-refractivity contribution in [2.75, 3.05) is 26.8 Å². The molecule has 1 aromatic carbocycles. The maximum atomic E-state index is 12.8. The molecule has 122 valence electrons. The van der Waals surface area contributed by atoms with Crippen molar-refractivity contribution >= 4 is 5.91 Å². The molecule has 1 amide bonds. The molecule has 2 heterocycles. The fourth-order valence-electron chi connectivity index (χ4n) is 2.61. The first-order valence-electron chi connectivity index (χ1n) is 7.47. The summed E-state index contributed by atoms with van der Waals surface area (Å²) in [6.45, 7) is 3.02. The smallest absolute Gasteiger partial charge is 0.256 e. The summed E-state index contributed by atoms with van der Waals surface area (Å²) in [5.74, 6) is 0.781. The normalized spacial score (nSPS) is 19.6. The number of nitrogens with zero attached hydrogens (tertiary/aromatic N) is 3. The number of aromatic nitrogens is 2. The molecule has 0 radical (unpaired) electrons. The van der Waals surface area contributed by atoms with Crippen molar-refractivity contribution in [2.45, 2.75) is 19.1 Å². The van der Waals surface area contributed by atoms with E-state index in [2.05, 4.69) is 10.2 Å². The molecule has 1 aromatic heterocycles. The van der Waals surface area contributed by atoms with Gasteiger partial charge < -0.3 is 18.8 Å². The summed E-state index contributed by atoms with van der Waals surface area (Å²) in [5, 5.41) is 7.78. The number of hydrogen-bond acceptors (Lipinski definition) is 6. The second-order valence-electron chi connectivity index (χ2n) is 5.33. The Morgan fingerprint density at radius 2 is 2.13 bits per heavy atom. The first-order chi connectivity index (χ1) is 11.2. The van der Waals surface area contributed by atoms with Gasteiger partial charge in [0.05, 0.1) is 13.2 Å². The Kier molecular flexibility index (Phi) is 4.68. The van der Waals surface area contributed by atoms with Gasteiger partial charge in [-0.15, -0.1) is 10.2 Å². The van der Waals surface area contributed by atoms with Crippen LogP contribution < -0.4 is 0 Å². The van der Waals surface area contributed by atoms with Gasteiger partial charge in [0.15, 0.2) is 12.2 Å². The summed E-state index contributed by atoms with van der Waals surface area (Å²) >= 11 is 0.